The minimum Gasteiger partial charge on any atom is -0.357 e. The smallest absolute Gasteiger partial charge is 0.191 e. The predicted octanol–water partition coefficient (Wildman–Crippen LogP) is 2.82. The minimum absolute atomic E-state index is 0.0923. The molecule has 0 bridgehead atoms. The van der Waals surface area contributed by atoms with Crippen LogP contribution in [0.4, 0.5) is 8.78 Å². The summed E-state index contributed by atoms with van der Waals surface area (Å²) in [5.74, 6) is -0.323. The molecule has 0 aliphatic rings. The lowest BCUT2D eigenvalue weighted by Gasteiger charge is -2.23. The van der Waals surface area contributed by atoms with Gasteiger partial charge in [-0.2, -0.15) is 0 Å². The molecule has 2 N–H and O–H groups in total. The van der Waals surface area contributed by atoms with E-state index in [9.17, 15) is 8.78 Å². The Morgan fingerprint density at radius 1 is 1.26 bits per heavy atom. The van der Waals surface area contributed by atoms with Crippen molar-refractivity contribution in [3.63, 3.8) is 0 Å². The molecule has 1 aromatic rings. The molecule has 0 aromatic heterocycles. The monoisotopic (exact) mass is 269 g/mol. The third-order valence-corrected chi connectivity index (χ3v) is 2.25. The van der Waals surface area contributed by atoms with Crippen LogP contribution in [0.15, 0.2) is 23.2 Å². The molecule has 0 aliphatic heterocycles. The zero-order valence-corrected chi connectivity index (χ0v) is 11.8. The Morgan fingerprint density at radius 2 is 1.95 bits per heavy atom. The van der Waals surface area contributed by atoms with Gasteiger partial charge in [-0.25, -0.2) is 13.8 Å². The Kier molecular flexibility index (Phi) is 5.27. The molecular formula is C14H21F2N3. The van der Waals surface area contributed by atoms with E-state index in [0.29, 0.717) is 12.5 Å². The molecule has 0 aliphatic carbocycles. The molecular weight excluding hydrogens is 248 g/mol. The van der Waals surface area contributed by atoms with E-state index in [0.717, 1.165) is 12.1 Å². The quantitative estimate of drug-likeness (QED) is 0.654. The first-order chi connectivity index (χ1) is 8.81. The highest BCUT2D eigenvalue weighted by Crippen LogP contribution is 2.10. The van der Waals surface area contributed by atoms with Crippen LogP contribution < -0.4 is 10.6 Å². The molecule has 0 saturated heterocycles. The molecule has 1 aromatic carbocycles. The van der Waals surface area contributed by atoms with Crippen molar-refractivity contribution in [2.75, 3.05) is 6.54 Å². The van der Waals surface area contributed by atoms with E-state index >= 15 is 0 Å². The van der Waals surface area contributed by atoms with Crippen molar-refractivity contribution in [2.24, 2.45) is 4.99 Å². The number of aliphatic imine (C=N–C) groups is 1. The van der Waals surface area contributed by atoms with Crippen molar-refractivity contribution in [1.82, 2.24) is 10.6 Å². The summed E-state index contributed by atoms with van der Waals surface area (Å²) in [7, 11) is 0. The average molecular weight is 269 g/mol. The molecule has 0 spiro atoms. The SMILES string of the molecule is CCNC(=NCc1cc(F)ccc1F)NC(C)(C)C. The molecule has 0 unspecified atom stereocenters. The van der Waals surface area contributed by atoms with Crippen molar-refractivity contribution in [2.45, 2.75) is 39.8 Å². The van der Waals surface area contributed by atoms with Gasteiger partial charge in [-0.05, 0) is 45.9 Å². The van der Waals surface area contributed by atoms with E-state index in [-0.39, 0.29) is 17.6 Å². The van der Waals surface area contributed by atoms with Crippen LogP contribution >= 0.6 is 0 Å². The van der Waals surface area contributed by atoms with Crippen LogP contribution in [-0.2, 0) is 6.54 Å². The van der Waals surface area contributed by atoms with Gasteiger partial charge in [0.15, 0.2) is 5.96 Å². The highest BCUT2D eigenvalue weighted by molar-refractivity contribution is 5.80. The lowest BCUT2D eigenvalue weighted by Crippen LogP contribution is -2.47. The Bertz CT molecular complexity index is 450. The minimum atomic E-state index is -0.458. The maximum Gasteiger partial charge on any atom is 0.191 e. The van der Waals surface area contributed by atoms with Crippen LogP contribution in [0.3, 0.4) is 0 Å². The van der Waals surface area contributed by atoms with Gasteiger partial charge in [0.05, 0.1) is 6.54 Å². The molecule has 0 atom stereocenters. The Balaban J connectivity index is 2.82. The van der Waals surface area contributed by atoms with Crippen molar-refractivity contribution < 1.29 is 8.78 Å². The second kappa shape index (κ2) is 6.50. The molecule has 19 heavy (non-hydrogen) atoms. The molecule has 0 amide bonds. The summed E-state index contributed by atoms with van der Waals surface area (Å²) < 4.78 is 26.5. The summed E-state index contributed by atoms with van der Waals surface area (Å²) in [5, 5.41) is 6.25. The fourth-order valence-electron chi connectivity index (χ4n) is 1.49. The van der Waals surface area contributed by atoms with Gasteiger partial charge in [-0.3, -0.25) is 0 Å². The Hall–Kier alpha value is -1.65. The number of benzene rings is 1. The number of hydrogen-bond donors (Lipinski definition) is 2. The fourth-order valence-corrected chi connectivity index (χ4v) is 1.49. The molecule has 5 heteroatoms. The molecule has 106 valence electrons. The number of nitrogens with one attached hydrogen (secondary N) is 2. The van der Waals surface area contributed by atoms with Gasteiger partial charge >= 0.3 is 0 Å². The summed E-state index contributed by atoms with van der Waals surface area (Å²) in [6, 6.07) is 3.38. The highest BCUT2D eigenvalue weighted by Gasteiger charge is 2.12. The summed E-state index contributed by atoms with van der Waals surface area (Å²) >= 11 is 0. The molecule has 1 rings (SSSR count). The third kappa shape index (κ3) is 5.68. The predicted molar refractivity (Wildman–Crippen MR) is 74.1 cm³/mol. The van der Waals surface area contributed by atoms with Crippen molar-refractivity contribution in [3.05, 3.63) is 35.4 Å². The van der Waals surface area contributed by atoms with E-state index in [2.05, 4.69) is 15.6 Å². The van der Waals surface area contributed by atoms with Crippen LogP contribution in [-0.4, -0.2) is 18.0 Å². The first-order valence-corrected chi connectivity index (χ1v) is 6.32. The van der Waals surface area contributed by atoms with E-state index in [1.807, 2.05) is 27.7 Å². The van der Waals surface area contributed by atoms with Crippen LogP contribution in [0.25, 0.3) is 0 Å². The Morgan fingerprint density at radius 3 is 2.53 bits per heavy atom. The van der Waals surface area contributed by atoms with Gasteiger partial charge in [0.1, 0.15) is 11.6 Å². The lowest BCUT2D eigenvalue weighted by atomic mass is 10.1. The molecule has 0 heterocycles. The van der Waals surface area contributed by atoms with Gasteiger partial charge in [-0.1, -0.05) is 0 Å². The van der Waals surface area contributed by atoms with Gasteiger partial charge < -0.3 is 10.6 Å². The topological polar surface area (TPSA) is 36.4 Å². The maximum atomic E-state index is 13.5. The van der Waals surface area contributed by atoms with E-state index in [1.165, 1.54) is 6.07 Å². The Labute approximate surface area is 113 Å². The van der Waals surface area contributed by atoms with E-state index in [4.69, 9.17) is 0 Å². The highest BCUT2D eigenvalue weighted by atomic mass is 19.1. The van der Waals surface area contributed by atoms with Gasteiger partial charge in [-0.15, -0.1) is 0 Å². The molecule has 0 saturated carbocycles. The lowest BCUT2D eigenvalue weighted by molar-refractivity contribution is 0.501. The van der Waals surface area contributed by atoms with Crippen LogP contribution in [0.5, 0.6) is 0 Å². The largest absolute Gasteiger partial charge is 0.357 e. The molecule has 0 radical (unpaired) electrons. The zero-order valence-electron chi connectivity index (χ0n) is 11.8. The normalized spacial score (nSPS) is 12.4. The summed E-state index contributed by atoms with van der Waals surface area (Å²) in [6.45, 7) is 8.75. The first kappa shape index (κ1) is 15.4. The summed E-state index contributed by atoms with van der Waals surface area (Å²) in [5.41, 5.74) is 0.0905. The van der Waals surface area contributed by atoms with Crippen LogP contribution in [0, 0.1) is 11.6 Å². The second-order valence-corrected chi connectivity index (χ2v) is 5.31. The van der Waals surface area contributed by atoms with Gasteiger partial charge in [0.25, 0.3) is 0 Å². The zero-order chi connectivity index (χ0) is 14.5. The van der Waals surface area contributed by atoms with E-state index in [1.54, 1.807) is 0 Å². The van der Waals surface area contributed by atoms with Crippen molar-refractivity contribution >= 4 is 5.96 Å². The number of nitrogens with zero attached hydrogens (tertiary/aromatic N) is 1. The molecule has 0 fully saturated rings. The summed E-state index contributed by atoms with van der Waals surface area (Å²) in [6.07, 6.45) is 0. The van der Waals surface area contributed by atoms with Crippen molar-refractivity contribution in [1.29, 1.82) is 0 Å². The first-order valence-electron chi connectivity index (χ1n) is 6.32. The third-order valence-electron chi connectivity index (χ3n) is 2.25. The van der Waals surface area contributed by atoms with Crippen molar-refractivity contribution in [3.8, 4) is 0 Å². The van der Waals surface area contributed by atoms with E-state index < -0.39 is 11.6 Å². The van der Waals surface area contributed by atoms with Gasteiger partial charge in [0, 0.05) is 17.6 Å². The average Bonchev–Trinajstić information content (AvgIpc) is 2.28. The second-order valence-electron chi connectivity index (χ2n) is 5.31. The standard InChI is InChI=1S/C14H21F2N3/c1-5-17-13(19-14(2,3)4)18-9-10-8-11(15)6-7-12(10)16/h6-8H,5,9H2,1-4H3,(H2,17,18,19). The molecule has 3 nitrogen and oxygen atoms in total. The number of halogens is 2. The van der Waals surface area contributed by atoms with Gasteiger partial charge in [0.2, 0.25) is 0 Å². The number of hydrogen-bond acceptors (Lipinski definition) is 1. The number of rotatable bonds is 3. The fraction of sp³-hybridized carbons (Fsp3) is 0.500. The van der Waals surface area contributed by atoms with Crippen LogP contribution in [0.2, 0.25) is 0 Å². The van der Waals surface area contributed by atoms with Crippen LogP contribution in [0.1, 0.15) is 33.3 Å². The number of guanidine groups is 1. The maximum absolute atomic E-state index is 13.5. The summed E-state index contributed by atoms with van der Waals surface area (Å²) in [4.78, 5) is 4.26.